The number of anilines is 1. The Balaban J connectivity index is 2.05. The van der Waals surface area contributed by atoms with E-state index < -0.39 is 10.2 Å². The molecule has 0 amide bonds. The van der Waals surface area contributed by atoms with Crippen LogP contribution in [-0.4, -0.2) is 42.6 Å². The van der Waals surface area contributed by atoms with E-state index in [1.807, 2.05) is 13.8 Å². The summed E-state index contributed by atoms with van der Waals surface area (Å²) < 4.78 is 33.7. The van der Waals surface area contributed by atoms with E-state index in [0.29, 0.717) is 19.0 Å². The molecule has 0 aromatic carbocycles. The smallest absolute Gasteiger partial charge is 0.330 e. The largest absolute Gasteiger partial charge is 0.406 e. The Kier molecular flexibility index (Phi) is 5.54. The van der Waals surface area contributed by atoms with Crippen LogP contribution in [0.4, 0.5) is 6.01 Å². The number of hydrogen-bond acceptors (Lipinski definition) is 6. The molecule has 21 heavy (non-hydrogen) atoms. The molecule has 0 aliphatic carbocycles. The first kappa shape index (κ1) is 16.2. The normalized spacial score (nSPS) is 19.3. The van der Waals surface area contributed by atoms with Crippen molar-refractivity contribution in [2.75, 3.05) is 24.4 Å². The summed E-state index contributed by atoms with van der Waals surface area (Å²) in [5, 5.41) is 10.9. The molecule has 1 aliphatic rings. The molecule has 2 rings (SSSR count). The molecule has 1 atom stereocenters. The molecule has 1 fully saturated rings. The third-order valence-corrected chi connectivity index (χ3v) is 4.78. The number of hydrogen-bond donors (Lipinski definition) is 2. The van der Waals surface area contributed by atoms with E-state index in [1.54, 1.807) is 0 Å². The van der Waals surface area contributed by atoms with E-state index in [4.69, 9.17) is 4.42 Å². The molecule has 2 N–H and O–H groups in total. The van der Waals surface area contributed by atoms with Gasteiger partial charge in [0.15, 0.2) is 0 Å². The van der Waals surface area contributed by atoms with Crippen LogP contribution in [0.1, 0.15) is 51.5 Å². The standard InChI is InChI=1S/C12H23N5O3S/c1-3-8-17(9-4-2)21(18,19)16-12-15-14-11(20-12)10-6-5-7-13-10/h10,13H,3-9H2,1-2H3,(H,15,16). The zero-order valence-electron chi connectivity index (χ0n) is 12.5. The second kappa shape index (κ2) is 7.19. The Morgan fingerprint density at radius 1 is 1.33 bits per heavy atom. The van der Waals surface area contributed by atoms with Crippen LogP contribution in [0.3, 0.4) is 0 Å². The van der Waals surface area contributed by atoms with Crippen LogP contribution < -0.4 is 10.0 Å². The molecule has 1 aromatic rings. The second-order valence-corrected chi connectivity index (χ2v) is 6.77. The maximum Gasteiger partial charge on any atom is 0.330 e. The molecule has 8 nitrogen and oxygen atoms in total. The van der Waals surface area contributed by atoms with E-state index in [9.17, 15) is 8.42 Å². The molecule has 2 heterocycles. The van der Waals surface area contributed by atoms with Gasteiger partial charge in [-0.1, -0.05) is 18.9 Å². The lowest BCUT2D eigenvalue weighted by molar-refractivity contribution is 0.409. The highest BCUT2D eigenvalue weighted by Crippen LogP contribution is 2.23. The lowest BCUT2D eigenvalue weighted by Crippen LogP contribution is -2.37. The number of rotatable bonds is 8. The van der Waals surface area contributed by atoms with Gasteiger partial charge >= 0.3 is 16.2 Å². The van der Waals surface area contributed by atoms with Crippen molar-refractivity contribution in [2.24, 2.45) is 0 Å². The minimum atomic E-state index is -3.64. The Bertz CT molecular complexity index is 533. The van der Waals surface area contributed by atoms with E-state index in [2.05, 4.69) is 20.2 Å². The van der Waals surface area contributed by atoms with Crippen molar-refractivity contribution in [1.82, 2.24) is 19.8 Å². The number of nitrogens with one attached hydrogen (secondary N) is 2. The second-order valence-electron chi connectivity index (χ2n) is 5.10. The minimum absolute atomic E-state index is 0.0261. The zero-order chi connectivity index (χ0) is 15.3. The van der Waals surface area contributed by atoms with Gasteiger partial charge in [0.1, 0.15) is 0 Å². The maximum atomic E-state index is 12.3. The van der Waals surface area contributed by atoms with Gasteiger partial charge in [0, 0.05) is 13.1 Å². The predicted molar refractivity (Wildman–Crippen MR) is 79.0 cm³/mol. The summed E-state index contributed by atoms with van der Waals surface area (Å²) in [6.07, 6.45) is 3.48. The highest BCUT2D eigenvalue weighted by molar-refractivity contribution is 7.90. The summed E-state index contributed by atoms with van der Waals surface area (Å²) in [5.41, 5.74) is 0. The van der Waals surface area contributed by atoms with Crippen molar-refractivity contribution in [3.05, 3.63) is 5.89 Å². The van der Waals surface area contributed by atoms with Crippen molar-refractivity contribution < 1.29 is 12.8 Å². The van der Waals surface area contributed by atoms with Gasteiger partial charge in [0.05, 0.1) is 6.04 Å². The summed E-state index contributed by atoms with van der Waals surface area (Å²) in [7, 11) is -3.64. The van der Waals surface area contributed by atoms with Crippen LogP contribution in [0.2, 0.25) is 0 Å². The SMILES string of the molecule is CCCN(CCC)S(=O)(=O)Nc1nnc(C2CCCN2)o1. The van der Waals surface area contributed by atoms with Gasteiger partial charge in [-0.25, -0.2) is 4.72 Å². The van der Waals surface area contributed by atoms with E-state index in [0.717, 1.165) is 32.2 Å². The first-order chi connectivity index (χ1) is 10.1. The van der Waals surface area contributed by atoms with Crippen LogP contribution in [0.15, 0.2) is 4.42 Å². The molecule has 0 saturated carbocycles. The van der Waals surface area contributed by atoms with Crippen molar-refractivity contribution in [2.45, 2.75) is 45.6 Å². The summed E-state index contributed by atoms with van der Waals surface area (Å²) >= 11 is 0. The summed E-state index contributed by atoms with van der Waals surface area (Å²) in [5.74, 6) is 0.433. The van der Waals surface area contributed by atoms with Gasteiger partial charge in [-0.15, -0.1) is 5.10 Å². The van der Waals surface area contributed by atoms with Crippen LogP contribution in [0.5, 0.6) is 0 Å². The third kappa shape index (κ3) is 4.14. The molecule has 1 unspecified atom stereocenters. The molecule has 0 radical (unpaired) electrons. The Labute approximate surface area is 125 Å². The van der Waals surface area contributed by atoms with Crippen LogP contribution in [-0.2, 0) is 10.2 Å². The minimum Gasteiger partial charge on any atom is -0.406 e. The van der Waals surface area contributed by atoms with Gasteiger partial charge < -0.3 is 9.73 Å². The van der Waals surface area contributed by atoms with Crippen LogP contribution >= 0.6 is 0 Å². The van der Waals surface area contributed by atoms with Crippen molar-refractivity contribution in [1.29, 1.82) is 0 Å². The van der Waals surface area contributed by atoms with E-state index in [-0.39, 0.29) is 12.1 Å². The molecule has 120 valence electrons. The summed E-state index contributed by atoms with van der Waals surface area (Å²) in [6, 6.07) is -0.0472. The van der Waals surface area contributed by atoms with Crippen molar-refractivity contribution in [3.63, 3.8) is 0 Å². The van der Waals surface area contributed by atoms with Gasteiger partial charge in [0.25, 0.3) is 0 Å². The van der Waals surface area contributed by atoms with Crippen molar-refractivity contribution in [3.8, 4) is 0 Å². The fraction of sp³-hybridized carbons (Fsp3) is 0.833. The van der Waals surface area contributed by atoms with E-state index in [1.165, 1.54) is 4.31 Å². The maximum absolute atomic E-state index is 12.3. The predicted octanol–water partition coefficient (Wildman–Crippen LogP) is 1.27. The Morgan fingerprint density at radius 2 is 2.05 bits per heavy atom. The Morgan fingerprint density at radius 3 is 2.62 bits per heavy atom. The lowest BCUT2D eigenvalue weighted by atomic mass is 10.2. The molecule has 1 aliphatic heterocycles. The summed E-state index contributed by atoms with van der Waals surface area (Å²) in [6.45, 7) is 5.72. The Hall–Kier alpha value is -1.19. The lowest BCUT2D eigenvalue weighted by Gasteiger charge is -2.20. The average molecular weight is 317 g/mol. The molecule has 9 heteroatoms. The van der Waals surface area contributed by atoms with Gasteiger partial charge in [0.2, 0.25) is 5.89 Å². The van der Waals surface area contributed by atoms with Gasteiger partial charge in [-0.3, -0.25) is 0 Å². The molecule has 0 bridgehead atoms. The highest BCUT2D eigenvalue weighted by Gasteiger charge is 2.25. The van der Waals surface area contributed by atoms with Crippen LogP contribution in [0.25, 0.3) is 0 Å². The molecular weight excluding hydrogens is 294 g/mol. The highest BCUT2D eigenvalue weighted by atomic mass is 32.2. The molecule has 1 aromatic heterocycles. The summed E-state index contributed by atoms with van der Waals surface area (Å²) in [4.78, 5) is 0. The van der Waals surface area contributed by atoms with Crippen LogP contribution in [0, 0.1) is 0 Å². The zero-order valence-corrected chi connectivity index (χ0v) is 13.3. The quantitative estimate of drug-likeness (QED) is 0.749. The third-order valence-electron chi connectivity index (χ3n) is 3.30. The molecule has 0 spiro atoms. The average Bonchev–Trinajstić information content (AvgIpc) is 3.08. The first-order valence-corrected chi connectivity index (χ1v) is 8.85. The van der Waals surface area contributed by atoms with Crippen molar-refractivity contribution >= 4 is 16.2 Å². The number of nitrogens with zero attached hydrogens (tertiary/aromatic N) is 3. The fourth-order valence-electron chi connectivity index (χ4n) is 2.34. The monoisotopic (exact) mass is 317 g/mol. The fourth-order valence-corrected chi connectivity index (χ4v) is 3.62. The molecule has 1 saturated heterocycles. The van der Waals surface area contributed by atoms with Gasteiger partial charge in [-0.05, 0) is 32.2 Å². The molecular formula is C12H23N5O3S. The first-order valence-electron chi connectivity index (χ1n) is 7.41. The topological polar surface area (TPSA) is 100 Å². The van der Waals surface area contributed by atoms with E-state index >= 15 is 0 Å². The van der Waals surface area contributed by atoms with Gasteiger partial charge in [-0.2, -0.15) is 12.7 Å². The number of aromatic nitrogens is 2.